The first kappa shape index (κ1) is 17.1. The van der Waals surface area contributed by atoms with E-state index in [2.05, 4.69) is 22.6 Å². The number of nitrogens with zero attached hydrogens (tertiary/aromatic N) is 1. The van der Waals surface area contributed by atoms with Crippen LogP contribution < -0.4 is 10.6 Å². The molecule has 0 fully saturated rings. The molecule has 1 unspecified atom stereocenters. The molecule has 1 atom stereocenters. The average Bonchev–Trinajstić information content (AvgIpc) is 2.55. The predicted octanol–water partition coefficient (Wildman–Crippen LogP) is 4.32. The van der Waals surface area contributed by atoms with E-state index in [1.165, 1.54) is 0 Å². The van der Waals surface area contributed by atoms with Crippen LogP contribution in [-0.2, 0) is 6.54 Å². The molecule has 0 aliphatic carbocycles. The highest BCUT2D eigenvalue weighted by molar-refractivity contribution is 6.35. The number of fused-ring (bicyclic) bond motifs is 1. The van der Waals surface area contributed by atoms with Gasteiger partial charge in [-0.15, -0.1) is 0 Å². The van der Waals surface area contributed by atoms with Gasteiger partial charge >= 0.3 is 6.03 Å². The summed E-state index contributed by atoms with van der Waals surface area (Å²) in [6.45, 7) is 1.61. The molecule has 0 bridgehead atoms. The number of nitrogens with one attached hydrogen (secondary N) is 2. The minimum atomic E-state index is -0.240. The third-order valence-corrected chi connectivity index (χ3v) is 4.86. The summed E-state index contributed by atoms with van der Waals surface area (Å²) in [5, 5.41) is 6.80. The number of hydrogen-bond donors (Lipinski definition) is 2. The van der Waals surface area contributed by atoms with Crippen molar-refractivity contribution in [3.63, 3.8) is 0 Å². The monoisotopic (exact) mass is 363 g/mol. The van der Waals surface area contributed by atoms with Gasteiger partial charge in [-0.25, -0.2) is 4.79 Å². The lowest BCUT2D eigenvalue weighted by Gasteiger charge is -2.34. The van der Waals surface area contributed by atoms with Crippen molar-refractivity contribution >= 4 is 34.9 Å². The molecule has 2 aromatic rings. The van der Waals surface area contributed by atoms with Crippen molar-refractivity contribution in [2.24, 2.45) is 0 Å². The Bertz CT molecular complexity index is 779. The number of para-hydroxylation sites is 1. The molecule has 2 N–H and O–H groups in total. The Morgan fingerprint density at radius 1 is 1.21 bits per heavy atom. The van der Waals surface area contributed by atoms with Gasteiger partial charge in [-0.3, -0.25) is 0 Å². The highest BCUT2D eigenvalue weighted by Crippen LogP contribution is 2.40. The quantitative estimate of drug-likeness (QED) is 0.834. The van der Waals surface area contributed by atoms with E-state index in [1.54, 1.807) is 13.1 Å². The molecule has 0 radical (unpaired) electrons. The fourth-order valence-electron chi connectivity index (χ4n) is 3.21. The molecule has 1 heterocycles. The molecule has 2 amide bonds. The summed E-state index contributed by atoms with van der Waals surface area (Å²) >= 11 is 12.7. The van der Waals surface area contributed by atoms with E-state index < -0.39 is 0 Å². The standard InChI is InChI=1S/C18H19Cl2N3O/c1-21-18(24)22-17-6-4-3-5-12(17)14-9-23(2)10-15-13(14)7-11(19)8-16(15)20/h3-8,14H,9-10H2,1-2H3,(H2,21,22,24). The molecule has 1 aliphatic rings. The van der Waals surface area contributed by atoms with Crippen LogP contribution >= 0.6 is 23.2 Å². The fraction of sp³-hybridized carbons (Fsp3) is 0.278. The second-order valence-corrected chi connectivity index (χ2v) is 6.84. The molecule has 0 saturated heterocycles. The third-order valence-electron chi connectivity index (χ3n) is 4.30. The van der Waals surface area contributed by atoms with Gasteiger partial charge in [0, 0.05) is 41.8 Å². The van der Waals surface area contributed by atoms with Crippen molar-refractivity contribution in [3.8, 4) is 0 Å². The third kappa shape index (κ3) is 3.36. The topological polar surface area (TPSA) is 44.4 Å². The Hall–Kier alpha value is -1.75. The number of likely N-dealkylation sites (N-methyl/N-ethyl adjacent to an activating group) is 1. The van der Waals surface area contributed by atoms with Crippen LogP contribution in [0.2, 0.25) is 10.0 Å². The molecule has 2 aromatic carbocycles. The first-order valence-electron chi connectivity index (χ1n) is 7.73. The van der Waals surface area contributed by atoms with Crippen LogP contribution in [0.1, 0.15) is 22.6 Å². The van der Waals surface area contributed by atoms with Crippen molar-refractivity contribution in [3.05, 3.63) is 63.1 Å². The van der Waals surface area contributed by atoms with Gasteiger partial charge in [0.05, 0.1) is 0 Å². The lowest BCUT2D eigenvalue weighted by molar-refractivity contribution is 0.254. The second-order valence-electron chi connectivity index (χ2n) is 6.00. The Balaban J connectivity index is 2.10. The summed E-state index contributed by atoms with van der Waals surface area (Å²) in [5.41, 5.74) is 4.05. The van der Waals surface area contributed by atoms with Crippen molar-refractivity contribution < 1.29 is 4.79 Å². The number of halogens is 2. The molecule has 3 rings (SSSR count). The summed E-state index contributed by atoms with van der Waals surface area (Å²) in [6, 6.07) is 11.4. The van der Waals surface area contributed by atoms with Gasteiger partial charge in [0.25, 0.3) is 0 Å². The summed E-state index contributed by atoms with van der Waals surface area (Å²) < 4.78 is 0. The van der Waals surface area contributed by atoms with Gasteiger partial charge in [0.1, 0.15) is 0 Å². The van der Waals surface area contributed by atoms with Gasteiger partial charge in [-0.1, -0.05) is 41.4 Å². The van der Waals surface area contributed by atoms with Gasteiger partial charge < -0.3 is 15.5 Å². The fourth-order valence-corrected chi connectivity index (χ4v) is 3.78. The number of amides is 2. The Morgan fingerprint density at radius 3 is 2.71 bits per heavy atom. The Morgan fingerprint density at radius 2 is 1.96 bits per heavy atom. The number of carbonyl (C=O) groups is 1. The van der Waals surface area contributed by atoms with Crippen LogP contribution in [0.15, 0.2) is 36.4 Å². The predicted molar refractivity (Wildman–Crippen MR) is 99.2 cm³/mol. The Labute approximate surface area is 151 Å². The van der Waals surface area contributed by atoms with Crippen LogP contribution in [0.5, 0.6) is 0 Å². The van der Waals surface area contributed by atoms with E-state index in [0.29, 0.717) is 10.0 Å². The first-order chi connectivity index (χ1) is 11.5. The van der Waals surface area contributed by atoms with Crippen LogP contribution in [0.25, 0.3) is 0 Å². The smallest absolute Gasteiger partial charge is 0.318 e. The lowest BCUT2D eigenvalue weighted by Crippen LogP contribution is -2.32. The summed E-state index contributed by atoms with van der Waals surface area (Å²) in [7, 11) is 3.66. The van der Waals surface area contributed by atoms with Gasteiger partial charge in [0.15, 0.2) is 0 Å². The van der Waals surface area contributed by atoms with Crippen molar-refractivity contribution in [1.82, 2.24) is 10.2 Å². The molecular weight excluding hydrogens is 345 g/mol. The van der Waals surface area contributed by atoms with Gasteiger partial charge in [-0.2, -0.15) is 0 Å². The summed E-state index contributed by atoms with van der Waals surface area (Å²) in [4.78, 5) is 14.0. The number of benzene rings is 2. The maximum absolute atomic E-state index is 11.8. The molecule has 0 aromatic heterocycles. The molecule has 0 saturated carbocycles. The SMILES string of the molecule is CNC(=O)Nc1ccccc1C1CN(C)Cc2c(Cl)cc(Cl)cc21. The maximum Gasteiger partial charge on any atom is 0.318 e. The average molecular weight is 364 g/mol. The maximum atomic E-state index is 11.8. The molecule has 1 aliphatic heterocycles. The van der Waals surface area contributed by atoms with Crippen LogP contribution in [0, 0.1) is 0 Å². The molecular formula is C18H19Cl2N3O. The minimum absolute atomic E-state index is 0.0864. The van der Waals surface area contributed by atoms with Crippen LogP contribution in [0.3, 0.4) is 0 Å². The Kier molecular flexibility index (Phi) is 4.99. The van der Waals surface area contributed by atoms with Crippen LogP contribution in [0.4, 0.5) is 10.5 Å². The number of rotatable bonds is 2. The van der Waals surface area contributed by atoms with Crippen molar-refractivity contribution in [2.45, 2.75) is 12.5 Å². The number of hydrogen-bond acceptors (Lipinski definition) is 2. The summed E-state index contributed by atoms with van der Waals surface area (Å²) in [6.07, 6.45) is 0. The first-order valence-corrected chi connectivity index (χ1v) is 8.49. The zero-order chi connectivity index (χ0) is 17.3. The molecule has 0 spiro atoms. The van der Waals surface area contributed by atoms with E-state index in [-0.39, 0.29) is 11.9 Å². The van der Waals surface area contributed by atoms with Gasteiger partial charge in [0.2, 0.25) is 0 Å². The second kappa shape index (κ2) is 7.01. The molecule has 4 nitrogen and oxygen atoms in total. The summed E-state index contributed by atoms with van der Waals surface area (Å²) in [5.74, 6) is 0.0864. The lowest BCUT2D eigenvalue weighted by atomic mass is 9.84. The minimum Gasteiger partial charge on any atom is -0.341 e. The van der Waals surface area contributed by atoms with E-state index in [0.717, 1.165) is 35.5 Å². The van der Waals surface area contributed by atoms with Crippen LogP contribution in [-0.4, -0.2) is 31.6 Å². The van der Waals surface area contributed by atoms with E-state index in [9.17, 15) is 4.79 Å². The number of urea groups is 1. The molecule has 6 heteroatoms. The zero-order valence-electron chi connectivity index (χ0n) is 13.6. The number of anilines is 1. The highest BCUT2D eigenvalue weighted by atomic mass is 35.5. The normalized spacial score (nSPS) is 17.2. The largest absolute Gasteiger partial charge is 0.341 e. The molecule has 24 heavy (non-hydrogen) atoms. The molecule has 126 valence electrons. The van der Waals surface area contributed by atoms with Crippen molar-refractivity contribution in [1.29, 1.82) is 0 Å². The van der Waals surface area contributed by atoms with Crippen molar-refractivity contribution in [2.75, 3.05) is 26.0 Å². The number of carbonyl (C=O) groups excluding carboxylic acids is 1. The van der Waals surface area contributed by atoms with E-state index in [1.807, 2.05) is 30.3 Å². The van der Waals surface area contributed by atoms with E-state index >= 15 is 0 Å². The van der Waals surface area contributed by atoms with Gasteiger partial charge in [-0.05, 0) is 41.9 Å². The van der Waals surface area contributed by atoms with E-state index in [4.69, 9.17) is 23.2 Å². The zero-order valence-corrected chi connectivity index (χ0v) is 15.1. The highest BCUT2D eigenvalue weighted by Gasteiger charge is 2.28.